The number of carbonyl (C=O) groups excluding carboxylic acids is 2. The lowest BCUT2D eigenvalue weighted by Gasteiger charge is -2.17. The molecule has 2 aromatic carbocycles. The van der Waals surface area contributed by atoms with Gasteiger partial charge in [-0.2, -0.15) is 0 Å². The van der Waals surface area contributed by atoms with Gasteiger partial charge in [-0.05, 0) is 42.0 Å². The second-order valence-electron chi connectivity index (χ2n) is 5.35. The van der Waals surface area contributed by atoms with Gasteiger partial charge in [-0.25, -0.2) is 4.39 Å². The number of halogens is 1. The van der Waals surface area contributed by atoms with Crippen molar-refractivity contribution in [3.05, 3.63) is 65.5 Å². The fourth-order valence-corrected chi connectivity index (χ4v) is 2.15. The van der Waals surface area contributed by atoms with Crippen LogP contribution in [0.25, 0.3) is 0 Å². The van der Waals surface area contributed by atoms with Crippen LogP contribution < -0.4 is 5.32 Å². The lowest BCUT2D eigenvalue weighted by atomic mass is 10.1. The first-order valence-corrected chi connectivity index (χ1v) is 7.38. The lowest BCUT2D eigenvalue weighted by molar-refractivity contribution is -0.116. The van der Waals surface area contributed by atoms with Crippen molar-refractivity contribution in [2.75, 3.05) is 26.0 Å². The van der Waals surface area contributed by atoms with Gasteiger partial charge in [0.1, 0.15) is 5.82 Å². The van der Waals surface area contributed by atoms with Crippen molar-refractivity contribution in [2.45, 2.75) is 6.61 Å². The zero-order valence-corrected chi connectivity index (χ0v) is 13.6. The van der Waals surface area contributed by atoms with E-state index in [1.807, 2.05) is 12.1 Å². The third kappa shape index (κ3) is 4.89. The molecule has 0 bridgehead atoms. The van der Waals surface area contributed by atoms with Crippen LogP contribution in [0.3, 0.4) is 0 Å². The maximum Gasteiger partial charge on any atom is 0.254 e. The molecular weight excluding hydrogens is 311 g/mol. The number of nitrogens with one attached hydrogen (secondary N) is 1. The Labute approximate surface area is 140 Å². The predicted octanol–water partition coefficient (Wildman–Crippen LogP) is 2.68. The Morgan fingerprint density at radius 2 is 1.71 bits per heavy atom. The molecule has 0 fully saturated rings. The molecule has 0 heterocycles. The van der Waals surface area contributed by atoms with Crippen LogP contribution in [0.15, 0.2) is 48.5 Å². The smallest absolute Gasteiger partial charge is 0.254 e. The van der Waals surface area contributed by atoms with Crippen LogP contribution in [0.4, 0.5) is 10.1 Å². The van der Waals surface area contributed by atoms with E-state index in [4.69, 9.17) is 4.74 Å². The van der Waals surface area contributed by atoms with Crippen molar-refractivity contribution in [2.24, 2.45) is 0 Å². The number of likely N-dealkylation sites (N-methyl/N-ethyl adjacent to an activating group) is 1. The largest absolute Gasteiger partial charge is 0.380 e. The zero-order valence-electron chi connectivity index (χ0n) is 13.6. The summed E-state index contributed by atoms with van der Waals surface area (Å²) < 4.78 is 17.9. The molecule has 2 aromatic rings. The summed E-state index contributed by atoms with van der Waals surface area (Å²) in [6.45, 7) is 0.375. The Hall–Kier alpha value is -2.73. The van der Waals surface area contributed by atoms with E-state index in [0.717, 1.165) is 5.56 Å². The van der Waals surface area contributed by atoms with Gasteiger partial charge in [0.25, 0.3) is 5.91 Å². The summed E-state index contributed by atoms with van der Waals surface area (Å²) in [5.41, 5.74) is 1.93. The van der Waals surface area contributed by atoms with Crippen LogP contribution in [0.2, 0.25) is 0 Å². The number of nitrogens with zero attached hydrogens (tertiary/aromatic N) is 1. The molecule has 24 heavy (non-hydrogen) atoms. The second-order valence-corrected chi connectivity index (χ2v) is 5.35. The number of hydrogen-bond acceptors (Lipinski definition) is 3. The number of benzene rings is 2. The molecule has 0 aliphatic heterocycles. The first-order valence-electron chi connectivity index (χ1n) is 7.38. The highest BCUT2D eigenvalue weighted by Gasteiger charge is 2.15. The maximum absolute atomic E-state index is 12.8. The standard InChI is InChI=1S/C18H19FN2O3/c1-21(11-17(22)20-16-9-7-15(19)8-10-16)18(23)14-5-3-13(4-6-14)12-24-2/h3-10H,11-12H2,1-2H3,(H,20,22). The van der Waals surface area contributed by atoms with Crippen molar-refractivity contribution < 1.29 is 18.7 Å². The summed E-state index contributed by atoms with van der Waals surface area (Å²) in [7, 11) is 3.15. The summed E-state index contributed by atoms with van der Waals surface area (Å²) >= 11 is 0. The van der Waals surface area contributed by atoms with E-state index in [2.05, 4.69) is 5.32 Å². The van der Waals surface area contributed by atoms with E-state index in [9.17, 15) is 14.0 Å². The number of ether oxygens (including phenoxy) is 1. The minimum Gasteiger partial charge on any atom is -0.380 e. The van der Waals surface area contributed by atoms with Gasteiger partial charge in [-0.3, -0.25) is 9.59 Å². The van der Waals surface area contributed by atoms with Crippen LogP contribution >= 0.6 is 0 Å². The Kier molecular flexibility index (Phi) is 6.03. The highest BCUT2D eigenvalue weighted by atomic mass is 19.1. The van der Waals surface area contributed by atoms with Gasteiger partial charge in [0.05, 0.1) is 13.2 Å². The van der Waals surface area contributed by atoms with E-state index in [1.54, 1.807) is 26.3 Å². The number of anilines is 1. The molecule has 2 amide bonds. The molecule has 0 spiro atoms. The van der Waals surface area contributed by atoms with E-state index in [0.29, 0.717) is 17.9 Å². The topological polar surface area (TPSA) is 58.6 Å². The molecule has 0 aromatic heterocycles. The van der Waals surface area contributed by atoms with E-state index in [1.165, 1.54) is 29.2 Å². The maximum atomic E-state index is 12.8. The van der Waals surface area contributed by atoms with Crippen LogP contribution in [-0.4, -0.2) is 37.4 Å². The molecule has 0 unspecified atom stereocenters. The Balaban J connectivity index is 1.92. The third-order valence-corrected chi connectivity index (χ3v) is 3.37. The molecule has 5 nitrogen and oxygen atoms in total. The number of hydrogen-bond donors (Lipinski definition) is 1. The first kappa shape index (κ1) is 17.6. The van der Waals surface area contributed by atoms with E-state index >= 15 is 0 Å². The van der Waals surface area contributed by atoms with Crippen LogP contribution in [-0.2, 0) is 16.1 Å². The average molecular weight is 330 g/mol. The summed E-state index contributed by atoms with van der Waals surface area (Å²) in [6, 6.07) is 12.5. The molecule has 126 valence electrons. The molecule has 2 rings (SSSR count). The number of methoxy groups -OCH3 is 1. The van der Waals surface area contributed by atoms with Crippen molar-refractivity contribution in [1.82, 2.24) is 4.90 Å². The summed E-state index contributed by atoms with van der Waals surface area (Å²) in [5.74, 6) is -0.987. The van der Waals surface area contributed by atoms with Crippen LogP contribution in [0, 0.1) is 5.82 Å². The number of rotatable bonds is 6. The van der Waals surface area contributed by atoms with Crippen molar-refractivity contribution in [3.8, 4) is 0 Å². The SMILES string of the molecule is COCc1ccc(C(=O)N(C)CC(=O)Nc2ccc(F)cc2)cc1. The quantitative estimate of drug-likeness (QED) is 0.886. The molecule has 0 saturated carbocycles. The summed E-state index contributed by atoms with van der Waals surface area (Å²) in [5, 5.41) is 2.62. The second kappa shape index (κ2) is 8.21. The predicted molar refractivity (Wildman–Crippen MR) is 89.1 cm³/mol. The summed E-state index contributed by atoms with van der Waals surface area (Å²) in [4.78, 5) is 25.6. The van der Waals surface area contributed by atoms with Gasteiger partial charge < -0.3 is 15.0 Å². The Morgan fingerprint density at radius 3 is 2.29 bits per heavy atom. The lowest BCUT2D eigenvalue weighted by Crippen LogP contribution is -2.34. The highest BCUT2D eigenvalue weighted by Crippen LogP contribution is 2.10. The number of amides is 2. The van der Waals surface area contributed by atoms with E-state index in [-0.39, 0.29) is 24.2 Å². The molecule has 1 N–H and O–H groups in total. The van der Waals surface area contributed by atoms with E-state index < -0.39 is 0 Å². The highest BCUT2D eigenvalue weighted by molar-refractivity contribution is 5.99. The fraction of sp³-hybridized carbons (Fsp3) is 0.222. The first-order chi connectivity index (χ1) is 11.5. The molecule has 0 atom stereocenters. The Bertz CT molecular complexity index is 699. The molecule has 6 heteroatoms. The van der Waals surface area contributed by atoms with Crippen LogP contribution in [0.1, 0.15) is 15.9 Å². The third-order valence-electron chi connectivity index (χ3n) is 3.37. The molecule has 0 radical (unpaired) electrons. The fourth-order valence-electron chi connectivity index (χ4n) is 2.15. The van der Waals surface area contributed by atoms with Crippen molar-refractivity contribution in [1.29, 1.82) is 0 Å². The van der Waals surface area contributed by atoms with Crippen molar-refractivity contribution in [3.63, 3.8) is 0 Å². The molecule has 0 aliphatic rings. The van der Waals surface area contributed by atoms with Gasteiger partial charge in [-0.1, -0.05) is 12.1 Å². The van der Waals surface area contributed by atoms with Gasteiger partial charge >= 0.3 is 0 Å². The number of carbonyl (C=O) groups is 2. The monoisotopic (exact) mass is 330 g/mol. The van der Waals surface area contributed by atoms with Gasteiger partial charge in [0.15, 0.2) is 0 Å². The molecular formula is C18H19FN2O3. The minimum absolute atomic E-state index is 0.101. The van der Waals surface area contributed by atoms with Gasteiger partial charge in [-0.15, -0.1) is 0 Å². The van der Waals surface area contributed by atoms with Crippen molar-refractivity contribution >= 4 is 17.5 Å². The Morgan fingerprint density at radius 1 is 1.08 bits per heavy atom. The average Bonchev–Trinajstić information content (AvgIpc) is 2.57. The molecule has 0 aliphatic carbocycles. The van der Waals surface area contributed by atoms with Crippen LogP contribution in [0.5, 0.6) is 0 Å². The minimum atomic E-state index is -0.378. The van der Waals surface area contributed by atoms with Gasteiger partial charge in [0.2, 0.25) is 5.91 Å². The molecule has 0 saturated heterocycles. The van der Waals surface area contributed by atoms with Gasteiger partial charge in [0, 0.05) is 25.4 Å². The zero-order chi connectivity index (χ0) is 17.5. The summed E-state index contributed by atoms with van der Waals surface area (Å²) in [6.07, 6.45) is 0. The normalized spacial score (nSPS) is 10.3.